The zero-order valence-electron chi connectivity index (χ0n) is 12.8. The molecular weight excluding hydrogens is 422 g/mol. The van der Waals surface area contributed by atoms with Crippen molar-refractivity contribution < 1.29 is 4.79 Å². The van der Waals surface area contributed by atoms with Gasteiger partial charge in [-0.25, -0.2) is 4.98 Å². The highest BCUT2D eigenvalue weighted by Crippen LogP contribution is 2.25. The number of benzene rings is 2. The molecule has 124 valence electrons. The van der Waals surface area contributed by atoms with Gasteiger partial charge in [-0.2, -0.15) is 5.26 Å². The molecule has 2 aromatic carbocycles. The number of rotatable bonds is 4. The van der Waals surface area contributed by atoms with Crippen LogP contribution in [0.4, 0.5) is 5.13 Å². The van der Waals surface area contributed by atoms with Gasteiger partial charge in [0, 0.05) is 22.0 Å². The summed E-state index contributed by atoms with van der Waals surface area (Å²) in [5.74, 6) is -0.295. The van der Waals surface area contributed by atoms with E-state index in [0.717, 1.165) is 14.9 Å². The van der Waals surface area contributed by atoms with Crippen LogP contribution in [0.2, 0.25) is 5.02 Å². The molecule has 7 heteroatoms. The van der Waals surface area contributed by atoms with E-state index in [-0.39, 0.29) is 5.91 Å². The lowest BCUT2D eigenvalue weighted by Gasteiger charge is -2.04. The predicted octanol–water partition coefficient (Wildman–Crippen LogP) is 5.27. The average Bonchev–Trinajstić information content (AvgIpc) is 3.02. The van der Waals surface area contributed by atoms with Crippen molar-refractivity contribution in [3.8, 4) is 6.07 Å². The smallest absolute Gasteiger partial charge is 0.258 e. The summed E-state index contributed by atoms with van der Waals surface area (Å²) in [7, 11) is 0. The second-order valence-electron chi connectivity index (χ2n) is 5.20. The first-order valence-electron chi connectivity index (χ1n) is 7.25. The van der Waals surface area contributed by atoms with E-state index >= 15 is 0 Å². The molecular formula is C18H11BrClN3OS. The van der Waals surface area contributed by atoms with Crippen LogP contribution in [-0.2, 0) is 6.42 Å². The van der Waals surface area contributed by atoms with Gasteiger partial charge in [0.15, 0.2) is 5.13 Å². The van der Waals surface area contributed by atoms with E-state index < -0.39 is 0 Å². The van der Waals surface area contributed by atoms with Crippen molar-refractivity contribution in [1.29, 1.82) is 5.26 Å². The van der Waals surface area contributed by atoms with Crippen LogP contribution in [0.3, 0.4) is 0 Å². The van der Waals surface area contributed by atoms with E-state index in [1.165, 1.54) is 11.3 Å². The van der Waals surface area contributed by atoms with Crippen molar-refractivity contribution in [2.45, 2.75) is 6.42 Å². The Morgan fingerprint density at radius 1 is 1.28 bits per heavy atom. The number of aromatic nitrogens is 1. The van der Waals surface area contributed by atoms with E-state index in [2.05, 4.69) is 32.3 Å². The van der Waals surface area contributed by atoms with Crippen LogP contribution in [0.1, 0.15) is 26.4 Å². The fraction of sp³-hybridized carbons (Fsp3) is 0.0556. The molecule has 3 aromatic rings. The number of carbonyl (C=O) groups excluding carboxylic acids is 1. The third-order valence-electron chi connectivity index (χ3n) is 3.41. The quantitative estimate of drug-likeness (QED) is 0.610. The molecule has 0 saturated carbocycles. The van der Waals surface area contributed by atoms with Crippen molar-refractivity contribution in [3.05, 3.63) is 79.7 Å². The molecule has 0 aliphatic rings. The average molecular weight is 433 g/mol. The molecule has 0 atom stereocenters. The van der Waals surface area contributed by atoms with Gasteiger partial charge >= 0.3 is 0 Å². The monoisotopic (exact) mass is 431 g/mol. The van der Waals surface area contributed by atoms with Gasteiger partial charge in [-0.3, -0.25) is 10.1 Å². The summed E-state index contributed by atoms with van der Waals surface area (Å²) in [4.78, 5) is 17.6. The number of hydrogen-bond acceptors (Lipinski definition) is 4. The third-order valence-corrected chi connectivity index (χ3v) is 5.13. The Bertz CT molecular complexity index is 963. The summed E-state index contributed by atoms with van der Waals surface area (Å²) >= 11 is 10.8. The molecule has 0 aliphatic heterocycles. The highest BCUT2D eigenvalue weighted by atomic mass is 79.9. The summed E-state index contributed by atoms with van der Waals surface area (Å²) in [6, 6.07) is 14.6. The summed E-state index contributed by atoms with van der Waals surface area (Å²) < 4.78 is 0.813. The minimum Gasteiger partial charge on any atom is -0.298 e. The lowest BCUT2D eigenvalue weighted by atomic mass is 10.1. The van der Waals surface area contributed by atoms with Gasteiger partial charge < -0.3 is 0 Å². The molecule has 0 saturated heterocycles. The lowest BCUT2D eigenvalue weighted by molar-refractivity contribution is 0.102. The van der Waals surface area contributed by atoms with Gasteiger partial charge in [0.1, 0.15) is 0 Å². The third kappa shape index (κ3) is 4.45. The molecule has 1 N–H and O–H groups in total. The molecule has 0 spiro atoms. The van der Waals surface area contributed by atoms with Crippen molar-refractivity contribution in [2.24, 2.45) is 0 Å². The zero-order chi connectivity index (χ0) is 17.8. The summed E-state index contributed by atoms with van der Waals surface area (Å²) in [5, 5.41) is 12.5. The van der Waals surface area contributed by atoms with Crippen LogP contribution in [0, 0.1) is 11.3 Å². The number of nitrogens with one attached hydrogen (secondary N) is 1. The van der Waals surface area contributed by atoms with E-state index in [1.54, 1.807) is 36.5 Å². The summed E-state index contributed by atoms with van der Waals surface area (Å²) in [6.07, 6.45) is 2.43. The number of halogens is 2. The van der Waals surface area contributed by atoms with Crippen molar-refractivity contribution >= 4 is 49.9 Å². The van der Waals surface area contributed by atoms with E-state index in [9.17, 15) is 4.79 Å². The van der Waals surface area contributed by atoms with Gasteiger partial charge in [0.25, 0.3) is 5.91 Å². The molecule has 4 nitrogen and oxygen atoms in total. The molecule has 1 aromatic heterocycles. The molecule has 0 radical (unpaired) electrons. The Hall–Kier alpha value is -2.20. The van der Waals surface area contributed by atoms with E-state index in [1.807, 2.05) is 12.1 Å². The molecule has 1 heterocycles. The zero-order valence-corrected chi connectivity index (χ0v) is 16.0. The number of carbonyl (C=O) groups is 1. The molecule has 25 heavy (non-hydrogen) atoms. The second-order valence-corrected chi connectivity index (χ2v) is 7.63. The molecule has 1 amide bonds. The fourth-order valence-corrected chi connectivity index (χ4v) is 3.78. The normalized spacial score (nSPS) is 10.3. The minimum absolute atomic E-state index is 0.295. The first-order valence-corrected chi connectivity index (χ1v) is 9.24. The Morgan fingerprint density at radius 2 is 2.04 bits per heavy atom. The van der Waals surface area contributed by atoms with Gasteiger partial charge in [-0.1, -0.05) is 39.7 Å². The topological polar surface area (TPSA) is 65.8 Å². The maximum Gasteiger partial charge on any atom is 0.258 e. The van der Waals surface area contributed by atoms with Gasteiger partial charge in [-0.15, -0.1) is 11.3 Å². The van der Waals surface area contributed by atoms with Crippen LogP contribution in [0.25, 0.3) is 0 Å². The van der Waals surface area contributed by atoms with Crippen LogP contribution >= 0.6 is 38.9 Å². The molecule has 0 bridgehead atoms. The van der Waals surface area contributed by atoms with Crippen molar-refractivity contribution in [3.63, 3.8) is 0 Å². The van der Waals surface area contributed by atoms with E-state index in [4.69, 9.17) is 16.9 Å². The molecule has 0 aliphatic carbocycles. The highest BCUT2D eigenvalue weighted by Gasteiger charge is 2.13. The van der Waals surface area contributed by atoms with Crippen LogP contribution in [0.15, 0.2) is 53.1 Å². The second kappa shape index (κ2) is 7.79. The minimum atomic E-state index is -0.295. The Kier molecular flexibility index (Phi) is 5.49. The first kappa shape index (κ1) is 17.6. The van der Waals surface area contributed by atoms with Crippen LogP contribution in [0.5, 0.6) is 0 Å². The Labute approximate surface area is 162 Å². The highest BCUT2D eigenvalue weighted by molar-refractivity contribution is 9.10. The standard InChI is InChI=1S/C18H11BrClN3OS/c19-13-5-6-15(16(20)8-13)17(24)23-18-22-10-14(25-18)7-11-1-3-12(9-21)4-2-11/h1-6,8,10H,7H2,(H,22,23,24). The van der Waals surface area contributed by atoms with Crippen molar-refractivity contribution in [1.82, 2.24) is 4.98 Å². The van der Waals surface area contributed by atoms with Crippen LogP contribution in [-0.4, -0.2) is 10.9 Å². The Balaban J connectivity index is 1.68. The maximum atomic E-state index is 12.3. The van der Waals surface area contributed by atoms with Crippen LogP contribution < -0.4 is 5.32 Å². The molecule has 3 rings (SSSR count). The summed E-state index contributed by atoms with van der Waals surface area (Å²) in [6.45, 7) is 0. The van der Waals surface area contributed by atoms with Gasteiger partial charge in [0.2, 0.25) is 0 Å². The number of anilines is 1. The lowest BCUT2D eigenvalue weighted by Crippen LogP contribution is -2.12. The van der Waals surface area contributed by atoms with E-state index in [0.29, 0.717) is 27.7 Å². The number of thiazole rings is 1. The summed E-state index contributed by atoms with van der Waals surface area (Å²) in [5.41, 5.74) is 2.11. The van der Waals surface area contributed by atoms with Gasteiger partial charge in [0.05, 0.1) is 22.2 Å². The number of nitriles is 1. The maximum absolute atomic E-state index is 12.3. The first-order chi connectivity index (χ1) is 12.0. The van der Waals surface area contributed by atoms with Crippen molar-refractivity contribution in [2.75, 3.05) is 5.32 Å². The Morgan fingerprint density at radius 3 is 2.72 bits per heavy atom. The predicted molar refractivity (Wildman–Crippen MR) is 103 cm³/mol. The largest absolute Gasteiger partial charge is 0.298 e. The fourth-order valence-electron chi connectivity index (χ4n) is 2.18. The SMILES string of the molecule is N#Cc1ccc(Cc2cnc(NC(=O)c3ccc(Br)cc3Cl)s2)cc1. The number of hydrogen-bond donors (Lipinski definition) is 1. The molecule has 0 unspecified atom stereocenters. The number of nitrogens with zero attached hydrogens (tertiary/aromatic N) is 2. The molecule has 0 fully saturated rings. The van der Waals surface area contributed by atoms with Gasteiger partial charge in [-0.05, 0) is 35.9 Å². The number of amides is 1.